The number of nitrogens with one attached hydrogen (secondary N) is 2. The van der Waals surface area contributed by atoms with Crippen molar-refractivity contribution in [3.8, 4) is 95.4 Å². The molecule has 13 aromatic rings. The average Bonchev–Trinajstić information content (AvgIpc) is 4.32. The van der Waals surface area contributed by atoms with Crippen LogP contribution in [0, 0.1) is 0 Å². The molecule has 0 saturated carbocycles. The van der Waals surface area contributed by atoms with Crippen LogP contribution in [0.15, 0.2) is 255 Å². The van der Waals surface area contributed by atoms with E-state index in [1.807, 2.05) is 12.3 Å². The van der Waals surface area contributed by atoms with Gasteiger partial charge >= 0.3 is 0 Å². The van der Waals surface area contributed by atoms with E-state index in [-0.39, 0.29) is 0 Å². The molecule has 2 aliphatic heterocycles. The molecule has 358 valence electrons. The third kappa shape index (κ3) is 6.52. The Balaban J connectivity index is 1.19. The summed E-state index contributed by atoms with van der Waals surface area (Å²) in [5.41, 5.74) is 22.8. The topological polar surface area (TPSA) is 75.2 Å². The van der Waals surface area contributed by atoms with Crippen LogP contribution in [-0.2, 0) is 0 Å². The van der Waals surface area contributed by atoms with Gasteiger partial charge < -0.3 is 14.5 Å². The Bertz CT molecular complexity index is 4860. The van der Waals surface area contributed by atoms with Crippen LogP contribution in [0.3, 0.4) is 0 Å². The van der Waals surface area contributed by atoms with E-state index in [1.54, 1.807) is 0 Å². The standard InChI is InChI=1S/C71H44N6/c1-4-22-43(23-5-1)60-64-48-29-10-12-31-50(48)68(73-64)62(45-39-40-59-56(42-45)47-28-18-19-38-58(47)77(59)46-26-8-3-9-27-46)69-51-32-13-11-30-49(51)65(74-69)61(44-24-6-2-7-25-44)67-53-34-15-17-36-55(53)71(76-67)63(57-37-20-21-41-72-57)70-54-35-16-14-33-52(54)66(60)75-70/h1-42,73,76H. The van der Waals surface area contributed by atoms with Crippen LogP contribution in [0.4, 0.5) is 0 Å². The van der Waals surface area contributed by atoms with Crippen molar-refractivity contribution in [2.24, 2.45) is 0 Å². The number of aromatic amines is 2. The molecule has 0 unspecified atom stereocenters. The molecule has 77 heavy (non-hydrogen) atoms. The number of H-pyrrole nitrogens is 2. The van der Waals surface area contributed by atoms with E-state index in [0.29, 0.717) is 0 Å². The predicted molar refractivity (Wildman–Crippen MR) is 319 cm³/mol. The van der Waals surface area contributed by atoms with Gasteiger partial charge in [-0.3, -0.25) is 4.98 Å². The Hall–Kier alpha value is -10.4. The summed E-state index contributed by atoms with van der Waals surface area (Å²) in [6, 6.07) is 89.1. The Morgan fingerprint density at radius 3 is 1.17 bits per heavy atom. The summed E-state index contributed by atoms with van der Waals surface area (Å²) in [6.07, 6.45) is 1.88. The molecule has 16 rings (SSSR count). The van der Waals surface area contributed by atoms with Crippen molar-refractivity contribution in [3.63, 3.8) is 0 Å². The maximum absolute atomic E-state index is 6.06. The molecule has 1 aliphatic carbocycles. The van der Waals surface area contributed by atoms with Crippen molar-refractivity contribution in [3.05, 3.63) is 255 Å². The number of para-hydroxylation sites is 2. The first kappa shape index (κ1) is 43.0. The van der Waals surface area contributed by atoms with Gasteiger partial charge in [-0.1, -0.05) is 206 Å². The highest BCUT2D eigenvalue weighted by molar-refractivity contribution is 6.22. The van der Waals surface area contributed by atoms with Gasteiger partial charge in [-0.2, -0.15) is 0 Å². The lowest BCUT2D eigenvalue weighted by Crippen LogP contribution is -1.93. The fourth-order valence-corrected chi connectivity index (χ4v) is 12.4. The van der Waals surface area contributed by atoms with Gasteiger partial charge in [-0.25, -0.2) is 9.97 Å². The molecule has 2 N–H and O–H groups in total. The van der Waals surface area contributed by atoms with Crippen LogP contribution in [0.1, 0.15) is 0 Å². The van der Waals surface area contributed by atoms with Crippen molar-refractivity contribution < 1.29 is 0 Å². The summed E-state index contributed by atoms with van der Waals surface area (Å²) in [7, 11) is 0. The Kier molecular flexibility index (Phi) is 9.53. The maximum atomic E-state index is 6.06. The molecule has 0 radical (unpaired) electrons. The quantitative estimate of drug-likeness (QED) is 0.180. The fourth-order valence-electron chi connectivity index (χ4n) is 12.4. The number of pyridine rings is 1. The normalized spacial score (nSPS) is 11.9. The molecule has 0 spiro atoms. The highest BCUT2D eigenvalue weighted by Crippen LogP contribution is 2.52. The minimum Gasteiger partial charge on any atom is -0.353 e. The van der Waals surface area contributed by atoms with Crippen LogP contribution < -0.4 is 0 Å². The van der Waals surface area contributed by atoms with Gasteiger partial charge in [0.2, 0.25) is 0 Å². The van der Waals surface area contributed by atoms with Gasteiger partial charge in [0.05, 0.1) is 67.1 Å². The Labute approximate surface area is 442 Å². The van der Waals surface area contributed by atoms with Crippen LogP contribution in [-0.4, -0.2) is 29.5 Å². The first-order chi connectivity index (χ1) is 38.2. The number of hydrogen-bond acceptors (Lipinski definition) is 3. The highest BCUT2D eigenvalue weighted by Gasteiger charge is 2.30. The number of nitrogens with zero attached hydrogens (tertiary/aromatic N) is 4. The number of fused-ring (bicyclic) bond motifs is 3. The molecular weight excluding hydrogens is 937 g/mol. The molecule has 0 fully saturated rings. The zero-order chi connectivity index (χ0) is 50.6. The molecule has 0 saturated heterocycles. The van der Waals surface area contributed by atoms with E-state index >= 15 is 0 Å². The zero-order valence-electron chi connectivity index (χ0n) is 41.5. The molecule has 6 heterocycles. The summed E-state index contributed by atoms with van der Waals surface area (Å²) >= 11 is 0. The summed E-state index contributed by atoms with van der Waals surface area (Å²) in [5.74, 6) is 0. The molecule has 6 nitrogen and oxygen atoms in total. The second-order valence-electron chi connectivity index (χ2n) is 19.9. The monoisotopic (exact) mass is 980 g/mol. The molecule has 9 aromatic carbocycles. The van der Waals surface area contributed by atoms with Crippen molar-refractivity contribution in [2.75, 3.05) is 0 Å². The van der Waals surface area contributed by atoms with Crippen LogP contribution >= 0.6 is 0 Å². The fraction of sp³-hybridized carbons (Fsp3) is 0. The first-order valence-corrected chi connectivity index (χ1v) is 26.2. The molecule has 0 atom stereocenters. The van der Waals surface area contributed by atoms with Crippen molar-refractivity contribution >= 4 is 65.4 Å². The van der Waals surface area contributed by atoms with Crippen molar-refractivity contribution in [1.82, 2.24) is 29.5 Å². The van der Waals surface area contributed by atoms with E-state index < -0.39 is 0 Å². The van der Waals surface area contributed by atoms with Gasteiger partial charge in [-0.15, -0.1) is 0 Å². The zero-order valence-corrected chi connectivity index (χ0v) is 41.5. The lowest BCUT2D eigenvalue weighted by atomic mass is 9.93. The van der Waals surface area contributed by atoms with E-state index in [2.05, 4.69) is 257 Å². The largest absolute Gasteiger partial charge is 0.353 e. The summed E-state index contributed by atoms with van der Waals surface area (Å²) < 4.78 is 2.38. The van der Waals surface area contributed by atoms with Gasteiger partial charge in [0.25, 0.3) is 0 Å². The molecule has 8 bridgehead atoms. The smallest absolute Gasteiger partial charge is 0.0831 e. The highest BCUT2D eigenvalue weighted by atomic mass is 15.0. The molecule has 6 heteroatoms. The maximum Gasteiger partial charge on any atom is 0.0831 e. The van der Waals surface area contributed by atoms with Gasteiger partial charge in [-0.05, 0) is 59.2 Å². The molecular formula is C71H44N6. The third-order valence-electron chi connectivity index (χ3n) is 15.7. The Morgan fingerprint density at radius 2 is 0.675 bits per heavy atom. The molecule has 4 aromatic heterocycles. The summed E-state index contributed by atoms with van der Waals surface area (Å²) in [4.78, 5) is 25.5. The van der Waals surface area contributed by atoms with E-state index in [4.69, 9.17) is 15.0 Å². The minimum absolute atomic E-state index is 0.819. The van der Waals surface area contributed by atoms with E-state index in [9.17, 15) is 0 Å². The number of hydrogen-bond donors (Lipinski definition) is 2. The van der Waals surface area contributed by atoms with Crippen LogP contribution in [0.2, 0.25) is 0 Å². The van der Waals surface area contributed by atoms with Crippen molar-refractivity contribution in [2.45, 2.75) is 0 Å². The van der Waals surface area contributed by atoms with Crippen LogP contribution in [0.25, 0.3) is 161 Å². The first-order valence-electron chi connectivity index (χ1n) is 26.2. The van der Waals surface area contributed by atoms with Gasteiger partial charge in [0.15, 0.2) is 0 Å². The summed E-state index contributed by atoms with van der Waals surface area (Å²) in [6.45, 7) is 0. The van der Waals surface area contributed by atoms with Gasteiger partial charge in [0, 0.05) is 83.1 Å². The number of benzene rings is 9. The minimum atomic E-state index is 0.819. The average molecular weight is 981 g/mol. The molecule has 3 aliphatic rings. The number of rotatable bonds is 5. The van der Waals surface area contributed by atoms with E-state index in [1.165, 1.54) is 5.39 Å². The van der Waals surface area contributed by atoms with E-state index in [0.717, 1.165) is 155 Å². The van der Waals surface area contributed by atoms with Crippen molar-refractivity contribution in [1.29, 1.82) is 0 Å². The number of aromatic nitrogens is 6. The predicted octanol–water partition coefficient (Wildman–Crippen LogP) is 18.4. The SMILES string of the molecule is c1ccc(-c2c3nc(c(-c4ccccn4)c4[nH]c(c(-c5ccccc5)c5nc(c(-c6ccc7c(c6)c6ccccc6n7-c6ccccc6)c6[nH]c2c2ccccc62)-c2ccccc2-5)c2ccccc42)-c2ccccc2-3)cc1. The summed E-state index contributed by atoms with van der Waals surface area (Å²) in [5, 5.41) is 6.64. The van der Waals surface area contributed by atoms with Gasteiger partial charge in [0.1, 0.15) is 0 Å². The lowest BCUT2D eigenvalue weighted by molar-refractivity contribution is 1.18. The van der Waals surface area contributed by atoms with Crippen LogP contribution in [0.5, 0.6) is 0 Å². The third-order valence-corrected chi connectivity index (χ3v) is 15.7. The lowest BCUT2D eigenvalue weighted by Gasteiger charge is -2.10. The second kappa shape index (κ2) is 17.1. The Morgan fingerprint density at radius 1 is 0.286 bits per heavy atom. The second-order valence-corrected chi connectivity index (χ2v) is 19.9. The molecule has 0 amide bonds.